The zero-order valence-electron chi connectivity index (χ0n) is 15.1. The molecule has 4 rings (SSSR count). The van der Waals surface area contributed by atoms with Crippen LogP contribution in [0.5, 0.6) is 0 Å². The highest BCUT2D eigenvalue weighted by Gasteiger charge is 2.38. The van der Waals surface area contributed by atoms with E-state index in [9.17, 15) is 14.4 Å². The van der Waals surface area contributed by atoms with Crippen molar-refractivity contribution in [2.45, 2.75) is 6.92 Å². The van der Waals surface area contributed by atoms with Crippen LogP contribution < -0.4 is 10.2 Å². The van der Waals surface area contributed by atoms with Gasteiger partial charge in [-0.1, -0.05) is 23.7 Å². The number of hydrogen-bond acceptors (Lipinski definition) is 4. The quantitative estimate of drug-likeness (QED) is 0.690. The number of hydrogen-bond donors (Lipinski definition) is 1. The van der Waals surface area contributed by atoms with E-state index in [0.717, 1.165) is 10.5 Å². The van der Waals surface area contributed by atoms with E-state index in [0.29, 0.717) is 16.8 Å². The Morgan fingerprint density at radius 2 is 1.93 bits per heavy atom. The topological polar surface area (TPSA) is 84.3 Å². The molecule has 1 N–H and O–H groups in total. The monoisotopic (exact) mass is 394 g/mol. The van der Waals surface area contributed by atoms with E-state index in [1.807, 2.05) is 0 Å². The number of halogens is 1. The van der Waals surface area contributed by atoms with Crippen molar-refractivity contribution >= 4 is 40.7 Å². The number of carbonyl (C=O) groups excluding carboxylic acids is 3. The molecule has 0 atom stereocenters. The van der Waals surface area contributed by atoms with Crippen LogP contribution in [0.25, 0.3) is 0 Å². The van der Waals surface area contributed by atoms with Crippen molar-refractivity contribution < 1.29 is 14.4 Å². The van der Waals surface area contributed by atoms with E-state index in [1.165, 1.54) is 18.3 Å². The highest BCUT2D eigenvalue weighted by Crippen LogP contribution is 2.35. The molecule has 0 bridgehead atoms. The molecule has 0 saturated carbocycles. The molecule has 0 aliphatic carbocycles. The highest BCUT2D eigenvalue weighted by atomic mass is 35.5. The van der Waals surface area contributed by atoms with Gasteiger partial charge in [-0.25, -0.2) is 9.88 Å². The second-order valence-corrected chi connectivity index (χ2v) is 6.83. The van der Waals surface area contributed by atoms with Gasteiger partial charge in [0.05, 0.1) is 21.8 Å². The van der Waals surface area contributed by atoms with Crippen LogP contribution in [0.15, 0.2) is 48.8 Å². The average molecular weight is 395 g/mol. The zero-order valence-corrected chi connectivity index (χ0v) is 15.8. The minimum absolute atomic E-state index is 0.171. The van der Waals surface area contributed by atoms with Gasteiger partial charge in [0.25, 0.3) is 17.7 Å². The smallest absolute Gasteiger partial charge is 0.291 e. The van der Waals surface area contributed by atoms with Gasteiger partial charge in [0.2, 0.25) is 0 Å². The maximum absolute atomic E-state index is 12.8. The standard InChI is InChI=1S/C20H15ClN4O3/c1-11-4-3-5-13-16(11)20(28)25(19(13)27)15-7-6-12(10-14(15)21)23-18(26)17-22-8-9-24(17)2/h3-10H,1-2H3,(H,23,26). The Labute approximate surface area is 165 Å². The molecule has 2 aromatic carbocycles. The van der Waals surface area contributed by atoms with Crippen molar-refractivity contribution in [3.63, 3.8) is 0 Å². The van der Waals surface area contributed by atoms with Crippen LogP contribution >= 0.6 is 11.6 Å². The number of nitrogens with zero attached hydrogens (tertiary/aromatic N) is 3. The number of benzene rings is 2. The largest absolute Gasteiger partial charge is 0.330 e. The molecule has 0 unspecified atom stereocenters. The van der Waals surface area contributed by atoms with Crippen LogP contribution in [0.3, 0.4) is 0 Å². The Morgan fingerprint density at radius 1 is 1.14 bits per heavy atom. The Kier molecular flexibility index (Phi) is 4.24. The normalized spacial score (nSPS) is 13.0. The number of rotatable bonds is 3. The second kappa shape index (κ2) is 6.61. The van der Waals surface area contributed by atoms with Crippen LogP contribution in [0, 0.1) is 6.92 Å². The van der Waals surface area contributed by atoms with Gasteiger partial charge in [-0.2, -0.15) is 0 Å². The minimum Gasteiger partial charge on any atom is -0.330 e. The summed E-state index contributed by atoms with van der Waals surface area (Å²) in [5.74, 6) is -0.983. The SMILES string of the molecule is Cc1cccc2c1C(=O)N(c1ccc(NC(=O)c3nccn3C)cc1Cl)C2=O. The van der Waals surface area contributed by atoms with Crippen molar-refractivity contribution in [1.29, 1.82) is 0 Å². The van der Waals surface area contributed by atoms with Gasteiger partial charge in [-0.05, 0) is 36.8 Å². The van der Waals surface area contributed by atoms with Gasteiger partial charge in [-0.3, -0.25) is 14.4 Å². The Morgan fingerprint density at radius 3 is 2.57 bits per heavy atom. The van der Waals surface area contributed by atoms with Gasteiger partial charge in [0.15, 0.2) is 5.82 Å². The molecular formula is C20H15ClN4O3. The van der Waals surface area contributed by atoms with E-state index in [1.54, 1.807) is 49.0 Å². The number of nitrogens with one attached hydrogen (secondary N) is 1. The summed E-state index contributed by atoms with van der Waals surface area (Å²) in [5, 5.41) is 2.87. The molecule has 1 aromatic heterocycles. The van der Waals surface area contributed by atoms with Crippen LogP contribution in [0.4, 0.5) is 11.4 Å². The van der Waals surface area contributed by atoms with E-state index in [4.69, 9.17) is 11.6 Å². The number of aryl methyl sites for hydroxylation is 2. The maximum Gasteiger partial charge on any atom is 0.291 e. The van der Waals surface area contributed by atoms with E-state index in [2.05, 4.69) is 10.3 Å². The van der Waals surface area contributed by atoms with E-state index < -0.39 is 17.7 Å². The zero-order chi connectivity index (χ0) is 20.0. The third-order valence-corrected chi connectivity index (χ3v) is 4.90. The molecule has 0 saturated heterocycles. The number of anilines is 2. The van der Waals surface area contributed by atoms with E-state index in [-0.39, 0.29) is 16.5 Å². The van der Waals surface area contributed by atoms with Crippen LogP contribution in [-0.2, 0) is 7.05 Å². The van der Waals surface area contributed by atoms with Crippen molar-refractivity contribution in [3.05, 3.63) is 76.3 Å². The molecule has 1 aliphatic heterocycles. The minimum atomic E-state index is -0.421. The Balaban J connectivity index is 1.63. The summed E-state index contributed by atoms with van der Waals surface area (Å²) in [5.41, 5.74) is 2.16. The van der Waals surface area contributed by atoms with Gasteiger partial charge in [0, 0.05) is 25.1 Å². The molecule has 3 aromatic rings. The molecular weight excluding hydrogens is 380 g/mol. The summed E-state index contributed by atoms with van der Waals surface area (Å²) in [6.07, 6.45) is 3.19. The molecule has 28 heavy (non-hydrogen) atoms. The van der Waals surface area contributed by atoms with Crippen LogP contribution in [0.2, 0.25) is 5.02 Å². The lowest BCUT2D eigenvalue weighted by Gasteiger charge is -2.16. The van der Waals surface area contributed by atoms with Crippen LogP contribution in [-0.4, -0.2) is 27.3 Å². The lowest BCUT2D eigenvalue weighted by Crippen LogP contribution is -2.29. The van der Waals surface area contributed by atoms with Gasteiger partial charge < -0.3 is 9.88 Å². The average Bonchev–Trinajstić information content (AvgIpc) is 3.18. The first-order chi connectivity index (χ1) is 13.4. The highest BCUT2D eigenvalue weighted by molar-refractivity contribution is 6.40. The summed E-state index contributed by atoms with van der Waals surface area (Å²) in [4.78, 5) is 42.9. The lowest BCUT2D eigenvalue weighted by molar-refractivity contribution is 0.0924. The number of imide groups is 1. The van der Waals surface area contributed by atoms with Gasteiger partial charge >= 0.3 is 0 Å². The predicted octanol–water partition coefficient (Wildman–Crippen LogP) is 3.43. The number of fused-ring (bicyclic) bond motifs is 1. The second-order valence-electron chi connectivity index (χ2n) is 6.43. The Hall–Kier alpha value is -3.45. The van der Waals surface area contributed by atoms with Gasteiger partial charge in [-0.15, -0.1) is 0 Å². The van der Waals surface area contributed by atoms with E-state index >= 15 is 0 Å². The van der Waals surface area contributed by atoms with Gasteiger partial charge in [0.1, 0.15) is 0 Å². The fraction of sp³-hybridized carbons (Fsp3) is 0.100. The molecule has 140 valence electrons. The fourth-order valence-corrected chi connectivity index (χ4v) is 3.48. The first-order valence-electron chi connectivity index (χ1n) is 8.45. The number of carbonyl (C=O) groups is 3. The first kappa shape index (κ1) is 17.9. The summed E-state index contributed by atoms with van der Waals surface area (Å²) in [7, 11) is 1.71. The summed E-state index contributed by atoms with van der Waals surface area (Å²) in [6.45, 7) is 1.78. The molecule has 7 nitrogen and oxygen atoms in total. The van der Waals surface area contributed by atoms with Crippen molar-refractivity contribution in [2.24, 2.45) is 7.05 Å². The molecule has 0 spiro atoms. The molecule has 8 heteroatoms. The van der Waals surface area contributed by atoms with Crippen molar-refractivity contribution in [2.75, 3.05) is 10.2 Å². The van der Waals surface area contributed by atoms with Crippen molar-refractivity contribution in [1.82, 2.24) is 9.55 Å². The molecule has 1 aliphatic rings. The third kappa shape index (κ3) is 2.76. The number of amides is 3. The number of aromatic nitrogens is 2. The maximum atomic E-state index is 12.8. The predicted molar refractivity (Wildman–Crippen MR) is 105 cm³/mol. The first-order valence-corrected chi connectivity index (χ1v) is 8.83. The molecule has 0 fully saturated rings. The third-order valence-electron chi connectivity index (χ3n) is 4.59. The fourth-order valence-electron chi connectivity index (χ4n) is 3.21. The summed E-state index contributed by atoms with van der Waals surface area (Å²) < 4.78 is 1.59. The molecule has 3 amide bonds. The Bertz CT molecular complexity index is 1150. The molecule has 0 radical (unpaired) electrons. The molecule has 2 heterocycles. The van der Waals surface area contributed by atoms with Crippen molar-refractivity contribution in [3.8, 4) is 0 Å². The lowest BCUT2D eigenvalue weighted by atomic mass is 10.0. The summed E-state index contributed by atoms with van der Waals surface area (Å²) in [6, 6.07) is 9.75. The summed E-state index contributed by atoms with van der Waals surface area (Å²) >= 11 is 6.34. The van der Waals surface area contributed by atoms with Crippen LogP contribution in [0.1, 0.15) is 36.9 Å². The number of imidazole rings is 1.